The van der Waals surface area contributed by atoms with Crippen LogP contribution < -0.4 is 0 Å². The van der Waals surface area contributed by atoms with Gasteiger partial charge in [0, 0.05) is 16.9 Å². The summed E-state index contributed by atoms with van der Waals surface area (Å²) in [6.07, 6.45) is 3.14. The van der Waals surface area contributed by atoms with E-state index >= 15 is 13.2 Å². The van der Waals surface area contributed by atoms with Gasteiger partial charge in [-0.2, -0.15) is 13.2 Å². The normalized spacial score (nSPS) is 17.0. The fraction of sp³-hybridized carbons (Fsp3) is 0.257. The molecule has 43 heavy (non-hydrogen) atoms. The van der Waals surface area contributed by atoms with E-state index in [4.69, 9.17) is 0 Å². The molecule has 5 rings (SSSR count). The number of allylic oxidation sites excluding steroid dienone is 1. The van der Waals surface area contributed by atoms with Gasteiger partial charge in [0.15, 0.2) is 0 Å². The molecule has 1 saturated carbocycles. The molecule has 0 heterocycles. The third kappa shape index (κ3) is 6.77. The van der Waals surface area contributed by atoms with Crippen LogP contribution in [0.25, 0.3) is 33.0 Å². The van der Waals surface area contributed by atoms with Crippen molar-refractivity contribution >= 4 is 10.8 Å². The fourth-order valence-corrected chi connectivity index (χ4v) is 5.77. The van der Waals surface area contributed by atoms with Gasteiger partial charge < -0.3 is 0 Å². The van der Waals surface area contributed by atoms with E-state index in [2.05, 4.69) is 6.58 Å². The zero-order valence-electron chi connectivity index (χ0n) is 22.9. The minimum atomic E-state index is -4.95. The van der Waals surface area contributed by atoms with Gasteiger partial charge in [-0.05, 0) is 103 Å². The zero-order valence-corrected chi connectivity index (χ0v) is 22.9. The second-order valence-corrected chi connectivity index (χ2v) is 10.9. The van der Waals surface area contributed by atoms with Crippen LogP contribution in [0.15, 0.2) is 67.3 Å². The van der Waals surface area contributed by atoms with Gasteiger partial charge >= 0.3 is 6.18 Å². The number of hydrogen-bond donors (Lipinski definition) is 0. The second kappa shape index (κ2) is 12.2. The Morgan fingerprint density at radius 1 is 0.767 bits per heavy atom. The molecule has 0 unspecified atom stereocenters. The van der Waals surface area contributed by atoms with Gasteiger partial charge in [-0.1, -0.05) is 36.3 Å². The summed E-state index contributed by atoms with van der Waals surface area (Å²) >= 11 is 0. The van der Waals surface area contributed by atoms with E-state index in [1.807, 2.05) is 6.08 Å². The SMILES string of the molecule is C=CC1CCC(CCc2ccc(-c3cc(F)c(-c4ccc5c(F)c(C#CC(F)(F)F)c(F)cc5c4)c(F)c3)c(F)c2)CC1. The van der Waals surface area contributed by atoms with Crippen LogP contribution in [-0.4, -0.2) is 6.18 Å². The molecule has 0 saturated heterocycles. The highest BCUT2D eigenvalue weighted by atomic mass is 19.4. The van der Waals surface area contributed by atoms with Gasteiger partial charge in [0.1, 0.15) is 29.1 Å². The first-order valence-electron chi connectivity index (χ1n) is 13.9. The minimum Gasteiger partial charge on any atom is -0.206 e. The van der Waals surface area contributed by atoms with Crippen molar-refractivity contribution in [3.05, 3.63) is 107 Å². The topological polar surface area (TPSA) is 0 Å². The fourth-order valence-electron chi connectivity index (χ4n) is 5.77. The van der Waals surface area contributed by atoms with Crippen LogP contribution in [0.1, 0.15) is 43.2 Å². The molecule has 222 valence electrons. The number of benzene rings is 4. The molecular formula is C35H26F8. The molecule has 0 spiro atoms. The molecule has 4 aromatic carbocycles. The Morgan fingerprint density at radius 3 is 2.09 bits per heavy atom. The van der Waals surface area contributed by atoms with Crippen LogP contribution in [0.4, 0.5) is 35.1 Å². The smallest absolute Gasteiger partial charge is 0.206 e. The predicted molar refractivity (Wildman–Crippen MR) is 152 cm³/mol. The van der Waals surface area contributed by atoms with Crippen molar-refractivity contribution in [3.63, 3.8) is 0 Å². The van der Waals surface area contributed by atoms with Gasteiger partial charge in [0.2, 0.25) is 0 Å². The van der Waals surface area contributed by atoms with Crippen LogP contribution in [0.2, 0.25) is 0 Å². The minimum absolute atomic E-state index is 0.0173. The standard InChI is InChI=1S/C35H26F8/c1-2-20-3-5-21(6-4-20)7-8-22-9-11-26(29(36)15-22)25-18-31(38)33(32(39)19-25)23-10-12-27-24(16-23)17-30(37)28(34(27)40)13-14-35(41,42)43/h2,9-12,15-21H,1,3-8H2. The Labute approximate surface area is 244 Å². The lowest BCUT2D eigenvalue weighted by molar-refractivity contribution is -0.0696. The van der Waals surface area contributed by atoms with E-state index < -0.39 is 46.4 Å². The highest BCUT2D eigenvalue weighted by Crippen LogP contribution is 2.36. The molecule has 0 nitrogen and oxygen atoms in total. The van der Waals surface area contributed by atoms with Crippen molar-refractivity contribution in [2.24, 2.45) is 11.8 Å². The average Bonchev–Trinajstić information content (AvgIpc) is 2.95. The van der Waals surface area contributed by atoms with Crippen molar-refractivity contribution in [3.8, 4) is 34.1 Å². The van der Waals surface area contributed by atoms with E-state index in [0.717, 1.165) is 80.0 Å². The van der Waals surface area contributed by atoms with Crippen LogP contribution in [0.5, 0.6) is 0 Å². The van der Waals surface area contributed by atoms with E-state index in [0.29, 0.717) is 18.3 Å². The summed E-state index contributed by atoms with van der Waals surface area (Å²) < 4.78 is 112. The highest BCUT2D eigenvalue weighted by Gasteiger charge is 2.24. The van der Waals surface area contributed by atoms with Crippen molar-refractivity contribution in [1.29, 1.82) is 0 Å². The number of alkyl halides is 3. The van der Waals surface area contributed by atoms with E-state index in [1.54, 1.807) is 6.07 Å². The Morgan fingerprint density at radius 2 is 1.47 bits per heavy atom. The molecule has 4 aromatic rings. The number of fused-ring (bicyclic) bond motifs is 1. The Balaban J connectivity index is 1.38. The number of halogens is 8. The average molecular weight is 599 g/mol. The molecule has 0 amide bonds. The van der Waals surface area contributed by atoms with Crippen LogP contribution in [0.3, 0.4) is 0 Å². The molecule has 0 aromatic heterocycles. The van der Waals surface area contributed by atoms with Gasteiger partial charge in [-0.3, -0.25) is 0 Å². The number of aryl methyl sites for hydroxylation is 1. The maximum absolute atomic E-state index is 15.3. The Bertz CT molecular complexity index is 1730. The largest absolute Gasteiger partial charge is 0.458 e. The molecule has 0 bridgehead atoms. The molecule has 0 N–H and O–H groups in total. The summed E-state index contributed by atoms with van der Waals surface area (Å²) in [5.41, 5.74) is -0.836. The highest BCUT2D eigenvalue weighted by molar-refractivity contribution is 5.89. The van der Waals surface area contributed by atoms with Crippen molar-refractivity contribution in [2.75, 3.05) is 0 Å². The van der Waals surface area contributed by atoms with E-state index in [-0.39, 0.29) is 27.5 Å². The van der Waals surface area contributed by atoms with Crippen molar-refractivity contribution in [2.45, 2.75) is 44.7 Å². The van der Waals surface area contributed by atoms with Gasteiger partial charge in [-0.15, -0.1) is 6.58 Å². The molecule has 8 heteroatoms. The van der Waals surface area contributed by atoms with Gasteiger partial charge in [-0.25, -0.2) is 22.0 Å². The predicted octanol–water partition coefficient (Wildman–Crippen LogP) is 10.7. The molecule has 0 atom stereocenters. The quantitative estimate of drug-likeness (QED) is 0.118. The van der Waals surface area contributed by atoms with E-state index in [9.17, 15) is 22.0 Å². The number of hydrogen-bond acceptors (Lipinski definition) is 0. The first kappa shape index (κ1) is 30.3. The lowest BCUT2D eigenvalue weighted by Gasteiger charge is -2.26. The summed E-state index contributed by atoms with van der Waals surface area (Å²) in [6, 6.07) is 10.7. The van der Waals surface area contributed by atoms with Crippen molar-refractivity contribution < 1.29 is 35.1 Å². The van der Waals surface area contributed by atoms with E-state index in [1.165, 1.54) is 18.1 Å². The Hall–Kier alpha value is -4.12. The zero-order chi connectivity index (χ0) is 30.9. The lowest BCUT2D eigenvalue weighted by Crippen LogP contribution is -2.13. The maximum Gasteiger partial charge on any atom is 0.458 e. The van der Waals surface area contributed by atoms with Gasteiger partial charge in [0.25, 0.3) is 0 Å². The molecule has 0 aliphatic heterocycles. The van der Waals surface area contributed by atoms with Crippen LogP contribution >= 0.6 is 0 Å². The van der Waals surface area contributed by atoms with Crippen LogP contribution in [-0.2, 0) is 6.42 Å². The van der Waals surface area contributed by atoms with Gasteiger partial charge in [0.05, 0.1) is 11.1 Å². The Kier molecular flexibility index (Phi) is 8.64. The van der Waals surface area contributed by atoms with Crippen molar-refractivity contribution in [1.82, 2.24) is 0 Å². The summed E-state index contributed by atoms with van der Waals surface area (Å²) in [5, 5.41) is -0.413. The summed E-state index contributed by atoms with van der Waals surface area (Å²) in [5.74, 6) is -1.92. The number of rotatable bonds is 6. The molecule has 0 radical (unpaired) electrons. The first-order chi connectivity index (χ1) is 20.4. The summed E-state index contributed by atoms with van der Waals surface area (Å²) in [6.45, 7) is 3.86. The first-order valence-corrected chi connectivity index (χ1v) is 13.9. The third-order valence-corrected chi connectivity index (χ3v) is 8.10. The van der Waals surface area contributed by atoms with Crippen LogP contribution in [0, 0.1) is 52.8 Å². The lowest BCUT2D eigenvalue weighted by atomic mass is 9.79. The maximum atomic E-state index is 15.3. The summed E-state index contributed by atoms with van der Waals surface area (Å²) in [4.78, 5) is 0. The molecule has 1 fully saturated rings. The molecular weight excluding hydrogens is 572 g/mol. The summed E-state index contributed by atoms with van der Waals surface area (Å²) in [7, 11) is 0. The monoisotopic (exact) mass is 598 g/mol. The third-order valence-electron chi connectivity index (χ3n) is 8.10. The molecule has 1 aliphatic carbocycles. The molecule has 1 aliphatic rings. The second-order valence-electron chi connectivity index (χ2n) is 10.9.